The van der Waals surface area contributed by atoms with Gasteiger partial charge in [-0.2, -0.15) is 0 Å². The van der Waals surface area contributed by atoms with E-state index in [9.17, 15) is 0 Å². The molecule has 1 aromatic heterocycles. The Morgan fingerprint density at radius 2 is 0.812 bits per heavy atom. The molecule has 8 aromatic carbocycles. The smallest absolute Gasteiger partial charge is 0.143 e. The lowest BCUT2D eigenvalue weighted by Gasteiger charge is -2.25. The quantitative estimate of drug-likeness (QED) is 0.185. The molecule has 2 nitrogen and oxygen atoms in total. The first-order valence-corrected chi connectivity index (χ1v) is 16.4. The number of furan rings is 1. The lowest BCUT2D eigenvalue weighted by atomic mass is 9.93. The molecule has 0 unspecified atom stereocenters. The zero-order valence-electron chi connectivity index (χ0n) is 26.3. The van der Waals surface area contributed by atoms with Crippen molar-refractivity contribution in [1.82, 2.24) is 0 Å². The van der Waals surface area contributed by atoms with Gasteiger partial charge < -0.3 is 9.32 Å². The van der Waals surface area contributed by atoms with Crippen molar-refractivity contribution in [3.63, 3.8) is 0 Å². The maximum atomic E-state index is 6.80. The molecule has 0 saturated carbocycles. The van der Waals surface area contributed by atoms with E-state index in [1.54, 1.807) is 0 Å². The summed E-state index contributed by atoms with van der Waals surface area (Å²) in [6.45, 7) is 0. The van der Waals surface area contributed by atoms with Crippen molar-refractivity contribution in [1.29, 1.82) is 0 Å². The summed E-state index contributed by atoms with van der Waals surface area (Å²) in [4.78, 5) is 2.29. The molecule has 226 valence electrons. The maximum absolute atomic E-state index is 6.80. The molecule has 0 saturated heterocycles. The number of rotatable bonds is 6. The highest BCUT2D eigenvalue weighted by Crippen LogP contribution is 2.44. The molecule has 9 rings (SSSR count). The Bertz CT molecular complexity index is 2480. The highest BCUT2D eigenvalue weighted by atomic mass is 16.3. The van der Waals surface area contributed by atoms with Crippen LogP contribution >= 0.6 is 0 Å². The molecule has 2 heteroatoms. The third kappa shape index (κ3) is 4.83. The zero-order chi connectivity index (χ0) is 31.9. The molecule has 0 aliphatic heterocycles. The number of fused-ring (bicyclic) bond motifs is 5. The van der Waals surface area contributed by atoms with Crippen LogP contribution in [0.25, 0.3) is 66.1 Å². The predicted octanol–water partition coefficient (Wildman–Crippen LogP) is 13.2. The molecule has 1 heterocycles. The highest BCUT2D eigenvalue weighted by Gasteiger charge is 2.19. The van der Waals surface area contributed by atoms with Crippen LogP contribution in [0.1, 0.15) is 0 Å². The molecule has 0 radical (unpaired) electrons. The number of benzene rings is 8. The van der Waals surface area contributed by atoms with Crippen molar-refractivity contribution in [2.24, 2.45) is 0 Å². The Balaban J connectivity index is 1.12. The van der Waals surface area contributed by atoms with Crippen LogP contribution in [0.5, 0.6) is 0 Å². The standard InChI is InChI=1S/C46H31NO/c1-4-12-34(13-5-1)42-31-30-40(44-43-29-26-35-14-10-11-19-41(35)45(43)48-46(42)44)36-22-20-32(21-23-36)33-24-27-39(28-25-33)47(37-15-6-2-7-16-37)38-17-8-3-9-18-38/h1-31H. The van der Waals surface area contributed by atoms with Crippen molar-refractivity contribution in [2.75, 3.05) is 4.90 Å². The molecule has 48 heavy (non-hydrogen) atoms. The topological polar surface area (TPSA) is 16.4 Å². The van der Waals surface area contributed by atoms with E-state index in [-0.39, 0.29) is 0 Å². The molecule has 0 aliphatic carbocycles. The van der Waals surface area contributed by atoms with E-state index < -0.39 is 0 Å². The maximum Gasteiger partial charge on any atom is 0.143 e. The van der Waals surface area contributed by atoms with Crippen LogP contribution in [0, 0.1) is 0 Å². The zero-order valence-corrected chi connectivity index (χ0v) is 26.3. The third-order valence-corrected chi connectivity index (χ3v) is 9.28. The summed E-state index contributed by atoms with van der Waals surface area (Å²) >= 11 is 0. The second-order valence-electron chi connectivity index (χ2n) is 12.1. The van der Waals surface area contributed by atoms with Gasteiger partial charge in [0, 0.05) is 38.8 Å². The van der Waals surface area contributed by atoms with E-state index in [1.165, 1.54) is 22.1 Å². The largest absolute Gasteiger partial charge is 0.455 e. The van der Waals surface area contributed by atoms with E-state index in [0.29, 0.717) is 0 Å². The molecular weight excluding hydrogens is 583 g/mol. The van der Waals surface area contributed by atoms with Crippen LogP contribution in [0.3, 0.4) is 0 Å². The van der Waals surface area contributed by atoms with Crippen LogP contribution in [0.4, 0.5) is 17.1 Å². The summed E-state index contributed by atoms with van der Waals surface area (Å²) in [5.74, 6) is 0. The first-order chi connectivity index (χ1) is 23.8. The van der Waals surface area contributed by atoms with E-state index in [4.69, 9.17) is 4.42 Å². The van der Waals surface area contributed by atoms with E-state index >= 15 is 0 Å². The van der Waals surface area contributed by atoms with Crippen LogP contribution < -0.4 is 4.90 Å². The Morgan fingerprint density at radius 1 is 0.312 bits per heavy atom. The minimum atomic E-state index is 0.922. The average Bonchev–Trinajstić information content (AvgIpc) is 3.57. The van der Waals surface area contributed by atoms with Gasteiger partial charge in [0.15, 0.2) is 0 Å². The Kier molecular flexibility index (Phi) is 6.84. The van der Waals surface area contributed by atoms with Gasteiger partial charge in [0.1, 0.15) is 11.2 Å². The van der Waals surface area contributed by atoms with Crippen LogP contribution in [-0.4, -0.2) is 0 Å². The normalized spacial score (nSPS) is 11.3. The van der Waals surface area contributed by atoms with Crippen LogP contribution in [0.2, 0.25) is 0 Å². The summed E-state index contributed by atoms with van der Waals surface area (Å²) < 4.78 is 6.80. The van der Waals surface area contributed by atoms with Gasteiger partial charge in [-0.05, 0) is 81.7 Å². The van der Waals surface area contributed by atoms with Crippen molar-refractivity contribution in [3.05, 3.63) is 188 Å². The van der Waals surface area contributed by atoms with E-state index in [2.05, 4.69) is 193 Å². The molecule has 0 aliphatic rings. The summed E-state index contributed by atoms with van der Waals surface area (Å²) in [6.07, 6.45) is 0. The Morgan fingerprint density at radius 3 is 1.48 bits per heavy atom. The highest BCUT2D eigenvalue weighted by molar-refractivity contribution is 6.21. The second kappa shape index (κ2) is 11.8. The number of para-hydroxylation sites is 2. The average molecular weight is 614 g/mol. The van der Waals surface area contributed by atoms with Crippen molar-refractivity contribution < 1.29 is 4.42 Å². The lowest BCUT2D eigenvalue weighted by Crippen LogP contribution is -2.09. The summed E-state index contributed by atoms with van der Waals surface area (Å²) in [7, 11) is 0. The first-order valence-electron chi connectivity index (χ1n) is 16.4. The minimum absolute atomic E-state index is 0.922. The number of hydrogen-bond donors (Lipinski definition) is 0. The molecule has 0 fully saturated rings. The fraction of sp³-hybridized carbons (Fsp3) is 0. The van der Waals surface area contributed by atoms with Gasteiger partial charge in [-0.3, -0.25) is 0 Å². The van der Waals surface area contributed by atoms with Gasteiger partial charge in [0.25, 0.3) is 0 Å². The molecule has 0 spiro atoms. The molecule has 0 N–H and O–H groups in total. The van der Waals surface area contributed by atoms with Gasteiger partial charge >= 0.3 is 0 Å². The SMILES string of the molecule is c1ccc(-c2ccc(-c3ccc(-c4ccc(N(c5ccccc5)c5ccccc5)cc4)cc3)c3c2oc2c4ccccc4ccc23)cc1. The second-order valence-corrected chi connectivity index (χ2v) is 12.1. The number of nitrogens with zero attached hydrogens (tertiary/aromatic N) is 1. The third-order valence-electron chi connectivity index (χ3n) is 9.28. The molecule has 0 atom stereocenters. The van der Waals surface area contributed by atoms with Gasteiger partial charge in [-0.1, -0.05) is 140 Å². The Labute approximate surface area is 279 Å². The van der Waals surface area contributed by atoms with Gasteiger partial charge in [-0.15, -0.1) is 0 Å². The summed E-state index contributed by atoms with van der Waals surface area (Å²) in [6, 6.07) is 66.6. The fourth-order valence-electron chi connectivity index (χ4n) is 6.94. The fourth-order valence-corrected chi connectivity index (χ4v) is 6.94. The van der Waals surface area contributed by atoms with Gasteiger partial charge in [0.05, 0.1) is 0 Å². The number of anilines is 3. The Hall–Kier alpha value is -6.38. The van der Waals surface area contributed by atoms with Crippen molar-refractivity contribution in [2.45, 2.75) is 0 Å². The van der Waals surface area contributed by atoms with Crippen molar-refractivity contribution >= 4 is 49.8 Å². The van der Waals surface area contributed by atoms with Crippen LogP contribution in [-0.2, 0) is 0 Å². The van der Waals surface area contributed by atoms with Crippen molar-refractivity contribution in [3.8, 4) is 33.4 Å². The molecule has 9 aromatic rings. The predicted molar refractivity (Wildman–Crippen MR) is 202 cm³/mol. The molecule has 0 bridgehead atoms. The monoisotopic (exact) mass is 613 g/mol. The van der Waals surface area contributed by atoms with Gasteiger partial charge in [-0.25, -0.2) is 0 Å². The molecule has 0 amide bonds. The minimum Gasteiger partial charge on any atom is -0.455 e. The van der Waals surface area contributed by atoms with E-state index in [1.807, 2.05) is 0 Å². The number of hydrogen-bond acceptors (Lipinski definition) is 2. The first kappa shape index (κ1) is 27.9. The molecular formula is C46H31NO. The van der Waals surface area contributed by atoms with Crippen LogP contribution in [0.15, 0.2) is 192 Å². The summed E-state index contributed by atoms with van der Waals surface area (Å²) in [5.41, 5.74) is 12.2. The van der Waals surface area contributed by atoms with E-state index in [0.717, 1.165) is 61.1 Å². The lowest BCUT2D eigenvalue weighted by molar-refractivity contribution is 0.674. The summed E-state index contributed by atoms with van der Waals surface area (Å²) in [5, 5.41) is 4.60. The van der Waals surface area contributed by atoms with Gasteiger partial charge in [0.2, 0.25) is 0 Å².